The highest BCUT2D eigenvalue weighted by Crippen LogP contribution is 2.30. The van der Waals surface area contributed by atoms with Crippen molar-refractivity contribution in [1.82, 2.24) is 30.1 Å². The lowest BCUT2D eigenvalue weighted by molar-refractivity contribution is -0.136. The number of benzene rings is 1. The van der Waals surface area contributed by atoms with Crippen LogP contribution in [0.2, 0.25) is 0 Å². The molecule has 0 spiro atoms. The molecule has 4 heterocycles. The number of hydrogen-bond donors (Lipinski definition) is 1. The fraction of sp³-hybridized carbons (Fsp3) is 0.476. The van der Waals surface area contributed by atoms with Gasteiger partial charge in [0.15, 0.2) is 0 Å². The van der Waals surface area contributed by atoms with Gasteiger partial charge in [0.25, 0.3) is 5.91 Å². The lowest BCUT2D eigenvalue weighted by Crippen LogP contribution is -2.52. The molecule has 2 aromatic rings. The van der Waals surface area contributed by atoms with Crippen molar-refractivity contribution in [2.75, 3.05) is 20.1 Å². The molecule has 0 bridgehead atoms. The number of hydrogen-bond acceptors (Lipinski definition) is 6. The van der Waals surface area contributed by atoms with Crippen LogP contribution in [0.25, 0.3) is 5.69 Å². The first-order chi connectivity index (χ1) is 14.5. The van der Waals surface area contributed by atoms with Crippen LogP contribution in [0.1, 0.15) is 53.2 Å². The zero-order valence-corrected chi connectivity index (χ0v) is 16.9. The summed E-state index contributed by atoms with van der Waals surface area (Å²) in [6.45, 7) is 2.48. The summed E-state index contributed by atoms with van der Waals surface area (Å²) in [7, 11) is 2.14. The van der Waals surface area contributed by atoms with Gasteiger partial charge in [0, 0.05) is 24.4 Å². The standard InChI is InChI=1S/C21H24N6O3/c1-25-8-6-13(7-9-25)17-12-27(24-23-17)15-2-3-16-14(10-15)11-26(21(16)30)18-4-5-19(28)22-20(18)29/h2-3,10,12-13,18H,4-9,11H2,1H3,(H,22,28,29). The Morgan fingerprint density at radius 1 is 1.10 bits per heavy atom. The normalized spacial score (nSPS) is 23.0. The van der Waals surface area contributed by atoms with Crippen LogP contribution in [0.5, 0.6) is 0 Å². The Kier molecular flexibility index (Phi) is 4.62. The van der Waals surface area contributed by atoms with Crippen LogP contribution in [0.15, 0.2) is 24.4 Å². The van der Waals surface area contributed by atoms with Crippen molar-refractivity contribution >= 4 is 17.7 Å². The van der Waals surface area contributed by atoms with Crippen molar-refractivity contribution in [3.05, 3.63) is 41.2 Å². The first-order valence-corrected chi connectivity index (χ1v) is 10.4. The van der Waals surface area contributed by atoms with Crippen LogP contribution in [0.4, 0.5) is 0 Å². The molecule has 2 fully saturated rings. The third kappa shape index (κ3) is 3.28. The van der Waals surface area contributed by atoms with Gasteiger partial charge in [-0.05, 0) is 63.2 Å². The molecule has 1 atom stereocenters. The Hall–Kier alpha value is -3.07. The first-order valence-electron chi connectivity index (χ1n) is 10.4. The van der Waals surface area contributed by atoms with Gasteiger partial charge in [0.05, 0.1) is 17.6 Å². The van der Waals surface area contributed by atoms with E-state index in [1.54, 1.807) is 15.6 Å². The topological polar surface area (TPSA) is 100 Å². The molecular weight excluding hydrogens is 384 g/mol. The SMILES string of the molecule is CN1CCC(c2cn(-c3ccc4c(c3)CN(C3CCC(=O)NC3=O)C4=O)nn2)CC1. The van der Waals surface area contributed by atoms with E-state index in [1.807, 2.05) is 18.3 Å². The molecule has 1 aromatic heterocycles. The molecule has 5 rings (SSSR count). The van der Waals surface area contributed by atoms with E-state index < -0.39 is 11.9 Å². The number of nitrogens with one attached hydrogen (secondary N) is 1. The van der Waals surface area contributed by atoms with Gasteiger partial charge < -0.3 is 9.80 Å². The average Bonchev–Trinajstić information content (AvgIpc) is 3.34. The fourth-order valence-electron chi connectivity index (χ4n) is 4.60. The molecule has 0 aliphatic carbocycles. The van der Waals surface area contributed by atoms with E-state index in [0.29, 0.717) is 24.4 Å². The Labute approximate surface area is 174 Å². The largest absolute Gasteiger partial charge is 0.322 e. The monoisotopic (exact) mass is 408 g/mol. The summed E-state index contributed by atoms with van der Waals surface area (Å²) in [6.07, 6.45) is 4.75. The quantitative estimate of drug-likeness (QED) is 0.756. The molecule has 3 aliphatic heterocycles. The van der Waals surface area contributed by atoms with E-state index in [9.17, 15) is 14.4 Å². The average molecular weight is 408 g/mol. The molecule has 9 heteroatoms. The van der Waals surface area contributed by atoms with E-state index in [0.717, 1.165) is 42.9 Å². The predicted octanol–water partition coefficient (Wildman–Crippen LogP) is 0.837. The molecule has 156 valence electrons. The number of carbonyl (C=O) groups excluding carboxylic acids is 3. The summed E-state index contributed by atoms with van der Waals surface area (Å²) in [5.41, 5.74) is 3.31. The van der Waals surface area contributed by atoms with Gasteiger partial charge in [-0.1, -0.05) is 5.21 Å². The van der Waals surface area contributed by atoms with Gasteiger partial charge in [0.1, 0.15) is 6.04 Å². The molecule has 1 N–H and O–H groups in total. The van der Waals surface area contributed by atoms with Gasteiger partial charge in [-0.3, -0.25) is 19.7 Å². The van der Waals surface area contributed by atoms with Gasteiger partial charge in [0.2, 0.25) is 11.8 Å². The lowest BCUT2D eigenvalue weighted by atomic mass is 9.94. The first kappa shape index (κ1) is 18.9. The zero-order valence-electron chi connectivity index (χ0n) is 16.9. The minimum absolute atomic E-state index is 0.170. The number of amides is 3. The van der Waals surface area contributed by atoms with Crippen molar-refractivity contribution in [2.24, 2.45) is 0 Å². The molecular formula is C21H24N6O3. The summed E-state index contributed by atoms with van der Waals surface area (Å²) in [5.74, 6) is -0.424. The second-order valence-electron chi connectivity index (χ2n) is 8.41. The van der Waals surface area contributed by atoms with Crippen LogP contribution >= 0.6 is 0 Å². The highest BCUT2D eigenvalue weighted by Gasteiger charge is 2.39. The maximum absolute atomic E-state index is 12.8. The van der Waals surface area contributed by atoms with Crippen molar-refractivity contribution in [3.8, 4) is 5.69 Å². The third-order valence-electron chi connectivity index (χ3n) is 6.42. The maximum atomic E-state index is 12.8. The minimum Gasteiger partial charge on any atom is -0.322 e. The Morgan fingerprint density at radius 2 is 1.90 bits per heavy atom. The van der Waals surface area contributed by atoms with Crippen molar-refractivity contribution in [2.45, 2.75) is 44.2 Å². The number of carbonyl (C=O) groups is 3. The number of likely N-dealkylation sites (tertiary alicyclic amines) is 1. The van der Waals surface area contributed by atoms with E-state index in [1.165, 1.54) is 0 Å². The number of nitrogens with zero attached hydrogens (tertiary/aromatic N) is 5. The molecule has 1 unspecified atom stereocenters. The van der Waals surface area contributed by atoms with Crippen molar-refractivity contribution in [3.63, 3.8) is 0 Å². The van der Waals surface area contributed by atoms with Gasteiger partial charge >= 0.3 is 0 Å². The summed E-state index contributed by atoms with van der Waals surface area (Å²) < 4.78 is 1.76. The molecule has 1 aromatic carbocycles. The Morgan fingerprint density at radius 3 is 2.67 bits per heavy atom. The predicted molar refractivity (Wildman–Crippen MR) is 107 cm³/mol. The molecule has 0 saturated carbocycles. The zero-order chi connectivity index (χ0) is 20.8. The number of imide groups is 1. The molecule has 30 heavy (non-hydrogen) atoms. The second-order valence-corrected chi connectivity index (χ2v) is 8.41. The number of rotatable bonds is 3. The Bertz CT molecular complexity index is 1020. The maximum Gasteiger partial charge on any atom is 0.255 e. The highest BCUT2D eigenvalue weighted by molar-refractivity contribution is 6.05. The number of aromatic nitrogens is 3. The number of fused-ring (bicyclic) bond motifs is 1. The van der Waals surface area contributed by atoms with E-state index >= 15 is 0 Å². The summed E-state index contributed by atoms with van der Waals surface area (Å²) in [6, 6.07) is 4.98. The van der Waals surface area contributed by atoms with Gasteiger partial charge in [-0.15, -0.1) is 5.10 Å². The van der Waals surface area contributed by atoms with Crippen LogP contribution in [0, 0.1) is 0 Å². The minimum atomic E-state index is -0.603. The van der Waals surface area contributed by atoms with Crippen LogP contribution in [-0.4, -0.2) is 68.7 Å². The number of piperidine rings is 2. The van der Waals surface area contributed by atoms with Crippen molar-refractivity contribution < 1.29 is 14.4 Å². The molecule has 0 radical (unpaired) electrons. The van der Waals surface area contributed by atoms with E-state index in [-0.39, 0.29) is 18.2 Å². The van der Waals surface area contributed by atoms with E-state index in [4.69, 9.17) is 0 Å². The molecule has 9 nitrogen and oxygen atoms in total. The second kappa shape index (κ2) is 7.32. The Balaban J connectivity index is 1.35. The smallest absolute Gasteiger partial charge is 0.255 e. The van der Waals surface area contributed by atoms with Crippen LogP contribution in [-0.2, 0) is 16.1 Å². The molecule has 3 amide bonds. The molecule has 2 saturated heterocycles. The fourth-order valence-corrected chi connectivity index (χ4v) is 4.60. The molecule has 3 aliphatic rings. The highest BCUT2D eigenvalue weighted by atomic mass is 16.2. The van der Waals surface area contributed by atoms with Crippen LogP contribution in [0.3, 0.4) is 0 Å². The van der Waals surface area contributed by atoms with Gasteiger partial charge in [-0.25, -0.2) is 4.68 Å². The summed E-state index contributed by atoms with van der Waals surface area (Å²) in [4.78, 5) is 40.3. The lowest BCUT2D eigenvalue weighted by Gasteiger charge is -2.29. The van der Waals surface area contributed by atoms with Crippen LogP contribution < -0.4 is 5.32 Å². The summed E-state index contributed by atoms with van der Waals surface area (Å²) >= 11 is 0. The third-order valence-corrected chi connectivity index (χ3v) is 6.42. The van der Waals surface area contributed by atoms with Gasteiger partial charge in [-0.2, -0.15) is 0 Å². The van der Waals surface area contributed by atoms with E-state index in [2.05, 4.69) is 27.6 Å². The summed E-state index contributed by atoms with van der Waals surface area (Å²) in [5, 5.41) is 11.0. The van der Waals surface area contributed by atoms with Crippen molar-refractivity contribution in [1.29, 1.82) is 0 Å².